The lowest BCUT2D eigenvalue weighted by molar-refractivity contribution is -0.236. The van der Waals surface area contributed by atoms with Gasteiger partial charge in [0.05, 0.1) is 22.9 Å². The second-order valence-corrected chi connectivity index (χ2v) is 9.26. The number of pyridine rings is 1. The van der Waals surface area contributed by atoms with E-state index in [9.17, 15) is 18.3 Å². The minimum Gasteiger partial charge on any atom is -0.386 e. The van der Waals surface area contributed by atoms with E-state index in [1.54, 1.807) is 19.1 Å². The van der Waals surface area contributed by atoms with Crippen molar-refractivity contribution in [1.82, 2.24) is 15.0 Å². The van der Waals surface area contributed by atoms with Crippen molar-refractivity contribution in [2.75, 3.05) is 5.32 Å². The molecule has 0 aliphatic rings. The summed E-state index contributed by atoms with van der Waals surface area (Å²) in [6, 6.07) is 3.33. The fourth-order valence-electron chi connectivity index (χ4n) is 2.81. The number of ether oxygens (including phenoxy) is 1. The van der Waals surface area contributed by atoms with Crippen LogP contribution in [-0.2, 0) is 11.3 Å². The van der Waals surface area contributed by atoms with E-state index in [0.29, 0.717) is 21.5 Å². The Labute approximate surface area is 186 Å². The molecule has 0 spiro atoms. The zero-order valence-electron chi connectivity index (χ0n) is 17.4. The number of hydrogen-bond donors (Lipinski definition) is 2. The van der Waals surface area contributed by atoms with Crippen LogP contribution in [0.3, 0.4) is 0 Å². The molecule has 31 heavy (non-hydrogen) atoms. The summed E-state index contributed by atoms with van der Waals surface area (Å²) < 4.78 is 44.1. The quantitative estimate of drug-likeness (QED) is 0.427. The lowest BCUT2D eigenvalue weighted by Crippen LogP contribution is -2.36. The van der Waals surface area contributed by atoms with Crippen LogP contribution in [0.15, 0.2) is 23.7 Å². The third-order valence-corrected chi connectivity index (χ3v) is 6.43. The van der Waals surface area contributed by atoms with Crippen LogP contribution < -0.4 is 5.32 Å². The Morgan fingerprint density at radius 1 is 1.19 bits per heavy atom. The summed E-state index contributed by atoms with van der Waals surface area (Å²) >= 11 is 2.79. The van der Waals surface area contributed by atoms with Gasteiger partial charge in [-0.15, -0.1) is 22.7 Å². The molecule has 2 atom stereocenters. The van der Waals surface area contributed by atoms with E-state index < -0.39 is 24.3 Å². The summed E-state index contributed by atoms with van der Waals surface area (Å²) in [4.78, 5) is 14.0. The Morgan fingerprint density at radius 2 is 1.94 bits per heavy atom. The molecule has 0 saturated carbocycles. The molecule has 0 aliphatic carbocycles. The smallest absolute Gasteiger partial charge is 0.386 e. The van der Waals surface area contributed by atoms with Gasteiger partial charge in [0.15, 0.2) is 11.2 Å². The van der Waals surface area contributed by atoms with Crippen LogP contribution in [0.4, 0.5) is 24.1 Å². The summed E-state index contributed by atoms with van der Waals surface area (Å²) in [6.45, 7) is 6.32. The van der Waals surface area contributed by atoms with Gasteiger partial charge in [-0.3, -0.25) is 0 Å². The number of aliphatic hydroxyl groups excluding tert-OH is 1. The molecular weight excluding hydrogens is 449 g/mol. The first kappa shape index (κ1) is 23.6. The lowest BCUT2D eigenvalue weighted by atomic mass is 10.1. The molecule has 3 rings (SSSR count). The fourth-order valence-corrected chi connectivity index (χ4v) is 4.56. The largest absolute Gasteiger partial charge is 0.414 e. The molecule has 0 fully saturated rings. The van der Waals surface area contributed by atoms with E-state index in [4.69, 9.17) is 4.74 Å². The number of aryl methyl sites for hydroxylation is 1. The molecule has 0 radical (unpaired) electrons. The maximum Gasteiger partial charge on any atom is 0.414 e. The van der Waals surface area contributed by atoms with Crippen molar-refractivity contribution in [3.8, 4) is 10.6 Å². The Kier molecular flexibility index (Phi) is 7.30. The van der Waals surface area contributed by atoms with E-state index in [-0.39, 0.29) is 6.61 Å². The molecule has 3 aromatic heterocycles. The van der Waals surface area contributed by atoms with Crippen molar-refractivity contribution in [3.63, 3.8) is 0 Å². The molecule has 168 valence electrons. The van der Waals surface area contributed by atoms with Gasteiger partial charge in [-0.05, 0) is 31.4 Å². The van der Waals surface area contributed by atoms with Crippen molar-refractivity contribution in [3.05, 3.63) is 40.0 Å². The highest BCUT2D eigenvalue weighted by molar-refractivity contribution is 7.17. The van der Waals surface area contributed by atoms with Crippen LogP contribution in [0.1, 0.15) is 43.1 Å². The molecule has 0 bridgehead atoms. The molecule has 2 N–H and O–H groups in total. The monoisotopic (exact) mass is 472 g/mol. The van der Waals surface area contributed by atoms with Gasteiger partial charge >= 0.3 is 6.18 Å². The van der Waals surface area contributed by atoms with Gasteiger partial charge in [0.2, 0.25) is 0 Å². The van der Waals surface area contributed by atoms with Gasteiger partial charge in [-0.25, -0.2) is 15.0 Å². The number of hydrogen-bond acceptors (Lipinski definition) is 8. The van der Waals surface area contributed by atoms with E-state index in [2.05, 4.69) is 20.3 Å². The Morgan fingerprint density at radius 3 is 2.48 bits per heavy atom. The lowest BCUT2D eigenvalue weighted by Gasteiger charge is -2.24. The number of anilines is 2. The second-order valence-electron chi connectivity index (χ2n) is 7.37. The zero-order chi connectivity index (χ0) is 22.8. The van der Waals surface area contributed by atoms with Crippen molar-refractivity contribution in [2.24, 2.45) is 5.92 Å². The maximum absolute atomic E-state index is 13.0. The van der Waals surface area contributed by atoms with Gasteiger partial charge in [0, 0.05) is 11.6 Å². The first-order chi connectivity index (χ1) is 14.5. The molecule has 11 heteroatoms. The normalized spacial score (nSPS) is 14.1. The minimum atomic E-state index is -4.40. The van der Waals surface area contributed by atoms with E-state index in [1.807, 2.05) is 12.3 Å². The molecule has 3 aromatic rings. The molecule has 0 amide bonds. The number of rotatable bonds is 8. The molecule has 0 aliphatic heterocycles. The predicted octanol–water partition coefficient (Wildman–Crippen LogP) is 5.87. The average Bonchev–Trinajstić information content (AvgIpc) is 3.28. The highest BCUT2D eigenvalue weighted by Gasteiger charge is 2.42. The predicted molar refractivity (Wildman–Crippen MR) is 116 cm³/mol. The maximum atomic E-state index is 13.0. The standard InChI is InChI=1S/C20H23F3N4O2S2/c1-10(2)17(20(21,22)23)29-8-13-5-6-15(24-7-13)27-19-26-14(9-30-19)16-11(3)25-18(31-16)12(4)28/h5-7,9-10,12,17,28H,8H2,1-4H3,(H,24,26,27)/t12-,17?/m0/s1. The van der Waals surface area contributed by atoms with Crippen LogP contribution in [0.5, 0.6) is 0 Å². The van der Waals surface area contributed by atoms with Crippen molar-refractivity contribution >= 4 is 33.6 Å². The molecule has 1 unspecified atom stereocenters. The van der Waals surface area contributed by atoms with Crippen LogP contribution in [-0.4, -0.2) is 32.3 Å². The Balaban J connectivity index is 1.63. The highest BCUT2D eigenvalue weighted by atomic mass is 32.1. The third-order valence-electron chi connectivity index (χ3n) is 4.32. The number of thiazole rings is 2. The highest BCUT2D eigenvalue weighted by Crippen LogP contribution is 2.35. The minimum absolute atomic E-state index is 0.173. The first-order valence-corrected chi connectivity index (χ1v) is 11.3. The topological polar surface area (TPSA) is 80.2 Å². The van der Waals surface area contributed by atoms with Crippen molar-refractivity contribution < 1.29 is 23.0 Å². The third kappa shape index (κ3) is 6.00. The first-order valence-electron chi connectivity index (χ1n) is 9.56. The molecule has 3 heterocycles. The number of aromatic nitrogens is 3. The van der Waals surface area contributed by atoms with Crippen molar-refractivity contribution in [1.29, 1.82) is 0 Å². The average molecular weight is 473 g/mol. The SMILES string of the molecule is Cc1nc([C@H](C)O)sc1-c1csc(Nc2ccc(COC(C(C)C)C(F)(F)F)cn2)n1. The summed E-state index contributed by atoms with van der Waals surface area (Å²) in [7, 11) is 0. The summed E-state index contributed by atoms with van der Waals surface area (Å²) in [5, 5.41) is 15.9. The van der Waals surface area contributed by atoms with Crippen molar-refractivity contribution in [2.45, 2.75) is 52.7 Å². The summed E-state index contributed by atoms with van der Waals surface area (Å²) in [6.07, 6.45) is -5.37. The van der Waals surface area contributed by atoms with E-state index in [1.165, 1.54) is 42.7 Å². The molecular formula is C20H23F3N4O2S2. The molecule has 0 aromatic carbocycles. The van der Waals surface area contributed by atoms with Crippen LogP contribution in [0.2, 0.25) is 0 Å². The summed E-state index contributed by atoms with van der Waals surface area (Å²) in [5.74, 6) is -0.154. The number of nitrogens with zero attached hydrogens (tertiary/aromatic N) is 3. The van der Waals surface area contributed by atoms with E-state index >= 15 is 0 Å². The summed E-state index contributed by atoms with van der Waals surface area (Å²) in [5.41, 5.74) is 2.11. The fraction of sp³-hybridized carbons (Fsp3) is 0.450. The molecule has 0 saturated heterocycles. The number of halogens is 3. The Bertz CT molecular complexity index is 1000. The van der Waals surface area contributed by atoms with Gasteiger partial charge < -0.3 is 15.2 Å². The van der Waals surface area contributed by atoms with E-state index in [0.717, 1.165) is 16.3 Å². The number of alkyl halides is 3. The number of nitrogens with one attached hydrogen (secondary N) is 1. The van der Waals surface area contributed by atoms with Crippen LogP contribution in [0, 0.1) is 12.8 Å². The van der Waals surface area contributed by atoms with Crippen LogP contribution >= 0.6 is 22.7 Å². The van der Waals surface area contributed by atoms with Gasteiger partial charge in [0.1, 0.15) is 16.9 Å². The zero-order valence-corrected chi connectivity index (χ0v) is 19.0. The van der Waals surface area contributed by atoms with Gasteiger partial charge in [-0.1, -0.05) is 19.9 Å². The number of aliphatic hydroxyl groups is 1. The second kappa shape index (κ2) is 9.60. The molecule has 6 nitrogen and oxygen atoms in total. The van der Waals surface area contributed by atoms with Gasteiger partial charge in [0.25, 0.3) is 0 Å². The Hall–Kier alpha value is -2.08. The van der Waals surface area contributed by atoms with Gasteiger partial charge in [-0.2, -0.15) is 13.2 Å². The van der Waals surface area contributed by atoms with Crippen LogP contribution in [0.25, 0.3) is 10.6 Å².